The van der Waals surface area contributed by atoms with Crippen molar-refractivity contribution in [2.75, 3.05) is 13.1 Å². The number of piperidine rings is 1. The molecule has 1 fully saturated rings. The van der Waals surface area contributed by atoms with Crippen LogP contribution in [0.15, 0.2) is 34.9 Å². The molecule has 3 amide bonds. The molecule has 2 heterocycles. The number of aryl methyl sites for hydroxylation is 1. The summed E-state index contributed by atoms with van der Waals surface area (Å²) in [4.78, 5) is 26.8. The zero-order valence-corrected chi connectivity index (χ0v) is 15.5. The van der Waals surface area contributed by atoms with Crippen LogP contribution in [0, 0.1) is 18.3 Å². The molecule has 1 aromatic rings. The molecule has 1 saturated heterocycles. The van der Waals surface area contributed by atoms with Gasteiger partial charge in [0, 0.05) is 19.0 Å². The van der Waals surface area contributed by atoms with Gasteiger partial charge in [0.05, 0.1) is 16.7 Å². The number of hydrogen-bond donors (Lipinski definition) is 2. The van der Waals surface area contributed by atoms with Crippen molar-refractivity contribution in [2.45, 2.75) is 37.4 Å². The van der Waals surface area contributed by atoms with E-state index in [4.69, 9.17) is 5.73 Å². The lowest BCUT2D eigenvalue weighted by Crippen LogP contribution is -2.48. The second-order valence-electron chi connectivity index (χ2n) is 6.66. The second-order valence-corrected chi connectivity index (χ2v) is 7.84. The monoisotopic (exact) mass is 370 g/mol. The third-order valence-corrected chi connectivity index (χ3v) is 6.04. The standard InChI is InChI=1S/C19H22N4O2S/c1-12-5-7-13(8-6-12)15-14(11-20)17(21)26-16(15)18(24)22-19(25)23-9-3-2-4-10-23/h5-8,15-16H,2-4,9-10,21H2,1H3,(H,22,24,25). The number of benzene rings is 1. The summed E-state index contributed by atoms with van der Waals surface area (Å²) in [6, 6.07) is 9.47. The molecule has 1 aromatic carbocycles. The quantitative estimate of drug-likeness (QED) is 0.834. The van der Waals surface area contributed by atoms with Crippen LogP contribution in [-0.4, -0.2) is 35.2 Å². The Kier molecular flexibility index (Phi) is 5.52. The van der Waals surface area contributed by atoms with Gasteiger partial charge in [0.25, 0.3) is 0 Å². The van der Waals surface area contributed by atoms with E-state index in [1.165, 1.54) is 0 Å². The number of urea groups is 1. The first kappa shape index (κ1) is 18.3. The van der Waals surface area contributed by atoms with Gasteiger partial charge in [-0.05, 0) is 31.7 Å². The average Bonchev–Trinajstić information content (AvgIpc) is 2.99. The molecule has 7 heteroatoms. The largest absolute Gasteiger partial charge is 0.393 e. The zero-order chi connectivity index (χ0) is 18.7. The van der Waals surface area contributed by atoms with E-state index in [1.807, 2.05) is 31.2 Å². The number of nitrogens with zero attached hydrogens (tertiary/aromatic N) is 2. The summed E-state index contributed by atoms with van der Waals surface area (Å²) in [6.45, 7) is 3.31. The Bertz CT molecular complexity index is 776. The molecule has 2 aliphatic heterocycles. The van der Waals surface area contributed by atoms with Gasteiger partial charge in [-0.25, -0.2) is 4.79 Å². The van der Waals surface area contributed by atoms with E-state index < -0.39 is 17.1 Å². The number of imide groups is 1. The lowest BCUT2D eigenvalue weighted by atomic mass is 9.88. The van der Waals surface area contributed by atoms with Crippen LogP contribution >= 0.6 is 11.8 Å². The fourth-order valence-corrected chi connectivity index (χ4v) is 4.54. The molecule has 0 aromatic heterocycles. The molecule has 2 aliphatic rings. The topological polar surface area (TPSA) is 99.2 Å². The van der Waals surface area contributed by atoms with Crippen LogP contribution in [0.3, 0.4) is 0 Å². The van der Waals surface area contributed by atoms with Crippen LogP contribution in [0.25, 0.3) is 0 Å². The van der Waals surface area contributed by atoms with Crippen molar-refractivity contribution in [1.29, 1.82) is 5.26 Å². The maximum atomic E-state index is 12.8. The van der Waals surface area contributed by atoms with Crippen molar-refractivity contribution in [3.05, 3.63) is 46.0 Å². The maximum absolute atomic E-state index is 12.8. The fourth-order valence-electron chi connectivity index (χ4n) is 3.37. The molecule has 136 valence electrons. The van der Waals surface area contributed by atoms with E-state index in [-0.39, 0.29) is 6.03 Å². The molecule has 0 aliphatic carbocycles. The summed E-state index contributed by atoms with van der Waals surface area (Å²) in [6.07, 6.45) is 3.02. The number of nitriles is 1. The second kappa shape index (κ2) is 7.83. The highest BCUT2D eigenvalue weighted by Gasteiger charge is 2.41. The minimum absolute atomic E-state index is 0.351. The van der Waals surface area contributed by atoms with Gasteiger partial charge >= 0.3 is 6.03 Å². The summed E-state index contributed by atoms with van der Waals surface area (Å²) in [5, 5.41) is 11.7. The summed E-state index contributed by atoms with van der Waals surface area (Å²) in [5.74, 6) is -0.843. The first-order valence-electron chi connectivity index (χ1n) is 8.74. The molecule has 3 rings (SSSR count). The van der Waals surface area contributed by atoms with Gasteiger partial charge < -0.3 is 10.6 Å². The van der Waals surface area contributed by atoms with Gasteiger partial charge in [-0.3, -0.25) is 10.1 Å². The highest BCUT2D eigenvalue weighted by Crippen LogP contribution is 2.45. The Morgan fingerprint density at radius 3 is 2.50 bits per heavy atom. The number of rotatable bonds is 2. The number of carbonyl (C=O) groups excluding carboxylic acids is 2. The van der Waals surface area contributed by atoms with Gasteiger partial charge in [0.2, 0.25) is 5.91 Å². The number of thioether (sulfide) groups is 1. The predicted molar refractivity (Wildman–Crippen MR) is 101 cm³/mol. The zero-order valence-electron chi connectivity index (χ0n) is 14.7. The third kappa shape index (κ3) is 3.70. The molecule has 0 spiro atoms. The Labute approximate surface area is 157 Å². The molecular weight excluding hydrogens is 348 g/mol. The number of hydrogen-bond acceptors (Lipinski definition) is 5. The van der Waals surface area contributed by atoms with E-state index in [1.54, 1.807) is 4.90 Å². The molecule has 0 bridgehead atoms. The molecule has 6 nitrogen and oxygen atoms in total. The summed E-state index contributed by atoms with van der Waals surface area (Å²) < 4.78 is 0. The number of nitrogens with one attached hydrogen (secondary N) is 1. The number of carbonyl (C=O) groups is 2. The van der Waals surface area contributed by atoms with Crippen molar-refractivity contribution in [2.24, 2.45) is 5.73 Å². The van der Waals surface area contributed by atoms with Crippen LogP contribution in [0.4, 0.5) is 4.79 Å². The number of amides is 3. The normalized spacial score (nSPS) is 22.8. The first-order valence-corrected chi connectivity index (χ1v) is 9.62. The number of nitrogens with two attached hydrogens (primary N) is 1. The molecular formula is C19H22N4O2S. The van der Waals surface area contributed by atoms with Crippen molar-refractivity contribution in [3.8, 4) is 6.07 Å². The van der Waals surface area contributed by atoms with Gasteiger partial charge in [0.15, 0.2) is 0 Å². The Balaban J connectivity index is 1.79. The van der Waals surface area contributed by atoms with E-state index in [0.29, 0.717) is 23.7 Å². The minimum Gasteiger partial charge on any atom is -0.393 e. The smallest absolute Gasteiger partial charge is 0.324 e. The van der Waals surface area contributed by atoms with E-state index >= 15 is 0 Å². The summed E-state index contributed by atoms with van der Waals surface area (Å²) in [5.41, 5.74) is 8.33. The molecule has 0 saturated carbocycles. The van der Waals surface area contributed by atoms with Gasteiger partial charge in [-0.2, -0.15) is 5.26 Å². The highest BCUT2D eigenvalue weighted by molar-refractivity contribution is 8.04. The number of likely N-dealkylation sites (tertiary alicyclic amines) is 1. The summed E-state index contributed by atoms with van der Waals surface area (Å²) >= 11 is 1.15. The van der Waals surface area contributed by atoms with Crippen LogP contribution in [-0.2, 0) is 4.79 Å². The molecule has 2 atom stereocenters. The van der Waals surface area contributed by atoms with Crippen molar-refractivity contribution in [1.82, 2.24) is 10.2 Å². The van der Waals surface area contributed by atoms with Crippen LogP contribution in [0.5, 0.6) is 0 Å². The first-order chi connectivity index (χ1) is 12.5. The lowest BCUT2D eigenvalue weighted by molar-refractivity contribution is -0.119. The fraction of sp³-hybridized carbons (Fsp3) is 0.421. The lowest BCUT2D eigenvalue weighted by Gasteiger charge is -2.27. The Hall–Kier alpha value is -2.46. The minimum atomic E-state index is -0.624. The number of allylic oxidation sites excluding steroid dienone is 1. The Morgan fingerprint density at radius 1 is 1.23 bits per heavy atom. The average molecular weight is 370 g/mol. The van der Waals surface area contributed by atoms with E-state index in [2.05, 4.69) is 11.4 Å². The molecule has 26 heavy (non-hydrogen) atoms. The highest BCUT2D eigenvalue weighted by atomic mass is 32.2. The van der Waals surface area contributed by atoms with E-state index in [9.17, 15) is 14.9 Å². The van der Waals surface area contributed by atoms with Gasteiger partial charge in [0.1, 0.15) is 5.25 Å². The van der Waals surface area contributed by atoms with Crippen molar-refractivity contribution in [3.63, 3.8) is 0 Å². The van der Waals surface area contributed by atoms with Gasteiger partial charge in [-0.15, -0.1) is 0 Å². The molecule has 2 unspecified atom stereocenters. The third-order valence-electron chi connectivity index (χ3n) is 4.82. The maximum Gasteiger partial charge on any atom is 0.324 e. The van der Waals surface area contributed by atoms with Gasteiger partial charge in [-0.1, -0.05) is 41.6 Å². The van der Waals surface area contributed by atoms with Crippen molar-refractivity contribution < 1.29 is 9.59 Å². The van der Waals surface area contributed by atoms with E-state index in [0.717, 1.165) is 42.2 Å². The van der Waals surface area contributed by atoms with Crippen LogP contribution in [0.2, 0.25) is 0 Å². The summed E-state index contributed by atoms with van der Waals surface area (Å²) in [7, 11) is 0. The van der Waals surface area contributed by atoms with Crippen molar-refractivity contribution >= 4 is 23.7 Å². The Morgan fingerprint density at radius 2 is 1.88 bits per heavy atom. The molecule has 3 N–H and O–H groups in total. The SMILES string of the molecule is Cc1ccc(C2C(C#N)=C(N)SC2C(=O)NC(=O)N2CCCCC2)cc1. The van der Waals surface area contributed by atoms with Crippen LogP contribution < -0.4 is 11.1 Å². The molecule has 0 radical (unpaired) electrons. The predicted octanol–water partition coefficient (Wildman–Crippen LogP) is 2.61. The van der Waals surface area contributed by atoms with Crippen LogP contribution in [0.1, 0.15) is 36.3 Å².